The molecule has 3 saturated heterocycles. The normalized spacial score (nSPS) is 27.5. The number of rotatable bonds is 14. The van der Waals surface area contributed by atoms with Crippen molar-refractivity contribution in [1.82, 2.24) is 4.90 Å². The number of methoxy groups -OCH3 is 1. The number of anilines is 1. The van der Waals surface area contributed by atoms with Gasteiger partial charge in [-0.25, -0.2) is 0 Å². The minimum Gasteiger partial charge on any atom is -0.497 e. The largest absolute Gasteiger partial charge is 0.497 e. The predicted octanol–water partition coefficient (Wildman–Crippen LogP) is 4.61. The van der Waals surface area contributed by atoms with Crippen LogP contribution in [0.5, 0.6) is 5.75 Å². The summed E-state index contributed by atoms with van der Waals surface area (Å²) in [6.45, 7) is 9.43. The first-order valence-electron chi connectivity index (χ1n) is 15.3. The van der Waals surface area contributed by atoms with E-state index in [-0.39, 0.29) is 19.1 Å². The molecule has 3 heterocycles. The molecule has 0 saturated carbocycles. The lowest BCUT2D eigenvalue weighted by Gasteiger charge is -2.39. The van der Waals surface area contributed by atoms with Gasteiger partial charge in [0, 0.05) is 12.2 Å². The average Bonchev–Trinajstić information content (AvgIpc) is 3.61. The molecule has 234 valence electrons. The number of hydrogen-bond donors (Lipinski definition) is 1. The van der Waals surface area contributed by atoms with Crippen molar-refractivity contribution in [3.63, 3.8) is 0 Å². The zero-order chi connectivity index (χ0) is 31.5. The van der Waals surface area contributed by atoms with Gasteiger partial charge < -0.3 is 29.1 Å². The second kappa shape index (κ2) is 13.0. The van der Waals surface area contributed by atoms with Crippen LogP contribution in [0.25, 0.3) is 0 Å². The van der Waals surface area contributed by atoms with E-state index in [0.29, 0.717) is 36.3 Å². The molecule has 2 unspecified atom stereocenters. The Morgan fingerprint density at radius 3 is 2.48 bits per heavy atom. The Balaban J connectivity index is 1.57. The van der Waals surface area contributed by atoms with Crippen LogP contribution in [0.4, 0.5) is 5.69 Å². The van der Waals surface area contributed by atoms with Crippen LogP contribution in [0.2, 0.25) is 0 Å². The van der Waals surface area contributed by atoms with E-state index in [0.717, 1.165) is 12.8 Å². The molecule has 0 aromatic heterocycles. The Labute approximate surface area is 259 Å². The third kappa shape index (κ3) is 5.32. The standard InChI is InChI=1S/C35H42N2O7/c1-5-7-8-12-22-43-33(41)29-28-31(39)37(27(23-38)24-13-10-9-11-14-24)30(35(28)20-19-34(29,3)44-35)32(40)36(21-6-2)25-15-17-26(42-4)18-16-25/h5-6,9-11,13-18,27-30,38H,1-2,7-8,12,19-23H2,3-4H3/t27-,28+,29+,30?,34-,35?/m1/s1. The lowest BCUT2D eigenvalue weighted by molar-refractivity contribution is -0.160. The molecule has 3 aliphatic rings. The van der Waals surface area contributed by atoms with Gasteiger partial charge in [-0.3, -0.25) is 14.4 Å². The van der Waals surface area contributed by atoms with Crippen LogP contribution in [0.3, 0.4) is 0 Å². The molecule has 9 heteroatoms. The second-order valence-corrected chi connectivity index (χ2v) is 12.0. The number of likely N-dealkylation sites (tertiary alicyclic amines) is 1. The highest BCUT2D eigenvalue weighted by Gasteiger charge is 2.79. The summed E-state index contributed by atoms with van der Waals surface area (Å²) in [5.74, 6) is -2.43. The van der Waals surface area contributed by atoms with Gasteiger partial charge in [0.2, 0.25) is 5.91 Å². The molecule has 6 atom stereocenters. The van der Waals surface area contributed by atoms with Gasteiger partial charge in [-0.15, -0.1) is 13.2 Å². The predicted molar refractivity (Wildman–Crippen MR) is 166 cm³/mol. The van der Waals surface area contributed by atoms with Gasteiger partial charge in [-0.1, -0.05) is 42.5 Å². The van der Waals surface area contributed by atoms with Crippen molar-refractivity contribution in [1.29, 1.82) is 0 Å². The Bertz CT molecular complexity index is 1380. The highest BCUT2D eigenvalue weighted by Crippen LogP contribution is 2.64. The first kappa shape index (κ1) is 31.5. The quantitative estimate of drug-likeness (QED) is 0.191. The number of hydrogen-bond acceptors (Lipinski definition) is 7. The highest BCUT2D eigenvalue weighted by molar-refractivity contribution is 6.05. The number of unbranched alkanes of at least 4 members (excludes halogenated alkanes) is 2. The van der Waals surface area contributed by atoms with E-state index in [4.69, 9.17) is 14.2 Å². The van der Waals surface area contributed by atoms with Crippen molar-refractivity contribution in [2.45, 2.75) is 62.3 Å². The van der Waals surface area contributed by atoms with Gasteiger partial charge in [0.1, 0.15) is 23.3 Å². The van der Waals surface area contributed by atoms with Gasteiger partial charge in [-0.2, -0.15) is 0 Å². The Morgan fingerprint density at radius 1 is 1.11 bits per heavy atom. The van der Waals surface area contributed by atoms with E-state index >= 15 is 0 Å². The van der Waals surface area contributed by atoms with E-state index < -0.39 is 53.6 Å². The third-order valence-corrected chi connectivity index (χ3v) is 9.40. The molecule has 1 spiro atoms. The zero-order valence-corrected chi connectivity index (χ0v) is 25.5. The fourth-order valence-electron chi connectivity index (χ4n) is 7.38. The number of fused-ring (bicyclic) bond motifs is 1. The van der Waals surface area contributed by atoms with Crippen molar-refractivity contribution in [2.24, 2.45) is 11.8 Å². The number of esters is 1. The van der Waals surface area contributed by atoms with E-state index in [1.165, 1.54) is 4.90 Å². The highest BCUT2D eigenvalue weighted by atomic mass is 16.6. The average molecular weight is 603 g/mol. The lowest BCUT2D eigenvalue weighted by atomic mass is 9.66. The van der Waals surface area contributed by atoms with Gasteiger partial charge in [0.15, 0.2) is 0 Å². The summed E-state index contributed by atoms with van der Waals surface area (Å²) in [5, 5.41) is 10.7. The third-order valence-electron chi connectivity index (χ3n) is 9.40. The monoisotopic (exact) mass is 602 g/mol. The minimum absolute atomic E-state index is 0.174. The first-order valence-corrected chi connectivity index (χ1v) is 15.3. The Hall–Kier alpha value is -3.95. The SMILES string of the molecule is C=CCCCCOC(=O)[C@@H]1[C@H]2C(=O)N([C@H](CO)c3ccccc3)C(C(=O)N(CC=C)c3ccc(OC)cc3)C23CC[C@@]1(C)O3. The molecule has 3 fully saturated rings. The number of amides is 2. The van der Waals surface area contributed by atoms with E-state index in [9.17, 15) is 19.5 Å². The van der Waals surface area contributed by atoms with Crippen LogP contribution in [0.15, 0.2) is 79.9 Å². The summed E-state index contributed by atoms with van der Waals surface area (Å²) in [5.41, 5.74) is -0.964. The van der Waals surface area contributed by atoms with Crippen molar-refractivity contribution in [3.8, 4) is 5.75 Å². The first-order chi connectivity index (χ1) is 21.3. The topological polar surface area (TPSA) is 106 Å². The van der Waals surface area contributed by atoms with Crippen LogP contribution in [0, 0.1) is 11.8 Å². The van der Waals surface area contributed by atoms with Crippen molar-refractivity contribution in [2.75, 3.05) is 31.8 Å². The zero-order valence-electron chi connectivity index (χ0n) is 25.5. The number of ether oxygens (including phenoxy) is 3. The summed E-state index contributed by atoms with van der Waals surface area (Å²) < 4.78 is 17.8. The molecule has 2 bridgehead atoms. The Kier molecular flexibility index (Phi) is 9.27. The molecule has 0 radical (unpaired) electrons. The second-order valence-electron chi connectivity index (χ2n) is 12.0. The van der Waals surface area contributed by atoms with Crippen LogP contribution in [-0.2, 0) is 23.9 Å². The van der Waals surface area contributed by atoms with Crippen LogP contribution in [0.1, 0.15) is 50.6 Å². The molecule has 3 aliphatic heterocycles. The summed E-state index contributed by atoms with van der Waals surface area (Å²) >= 11 is 0. The summed E-state index contributed by atoms with van der Waals surface area (Å²) in [6, 6.07) is 14.3. The van der Waals surface area contributed by atoms with Gasteiger partial charge in [-0.05, 0) is 68.9 Å². The molecule has 44 heavy (non-hydrogen) atoms. The molecule has 2 amide bonds. The number of benzene rings is 2. The molecule has 2 aromatic carbocycles. The van der Waals surface area contributed by atoms with Crippen LogP contribution >= 0.6 is 0 Å². The maximum absolute atomic E-state index is 14.8. The maximum Gasteiger partial charge on any atom is 0.312 e. The molecular weight excluding hydrogens is 560 g/mol. The van der Waals surface area contributed by atoms with E-state index in [2.05, 4.69) is 13.2 Å². The summed E-state index contributed by atoms with van der Waals surface area (Å²) in [4.78, 5) is 46.2. The van der Waals surface area contributed by atoms with E-state index in [1.54, 1.807) is 42.4 Å². The summed E-state index contributed by atoms with van der Waals surface area (Å²) in [6.07, 6.45) is 6.69. The number of aliphatic hydroxyl groups is 1. The van der Waals surface area contributed by atoms with Crippen molar-refractivity contribution >= 4 is 23.5 Å². The fraction of sp³-hybridized carbons (Fsp3) is 0.457. The number of aliphatic hydroxyl groups excluding tert-OH is 1. The smallest absolute Gasteiger partial charge is 0.312 e. The van der Waals surface area contributed by atoms with Crippen molar-refractivity contribution < 1.29 is 33.7 Å². The molecule has 9 nitrogen and oxygen atoms in total. The van der Waals surface area contributed by atoms with Crippen LogP contribution < -0.4 is 9.64 Å². The molecule has 5 rings (SSSR count). The van der Waals surface area contributed by atoms with Gasteiger partial charge >= 0.3 is 5.97 Å². The summed E-state index contributed by atoms with van der Waals surface area (Å²) in [7, 11) is 1.57. The fourth-order valence-corrected chi connectivity index (χ4v) is 7.38. The van der Waals surface area contributed by atoms with Crippen LogP contribution in [-0.4, -0.2) is 71.9 Å². The minimum atomic E-state index is -1.27. The lowest BCUT2D eigenvalue weighted by Crippen LogP contribution is -2.57. The maximum atomic E-state index is 14.8. The number of allylic oxidation sites excluding steroid dienone is 1. The van der Waals surface area contributed by atoms with Gasteiger partial charge in [0.05, 0.1) is 37.9 Å². The molecule has 2 aromatic rings. The molecule has 0 aliphatic carbocycles. The Morgan fingerprint density at radius 2 is 1.84 bits per heavy atom. The number of carbonyl (C=O) groups excluding carboxylic acids is 3. The van der Waals surface area contributed by atoms with E-state index in [1.807, 2.05) is 43.3 Å². The number of nitrogens with zero attached hydrogens (tertiary/aromatic N) is 2. The number of carbonyl (C=O) groups is 3. The molecular formula is C35H42N2O7. The van der Waals surface area contributed by atoms with Crippen molar-refractivity contribution in [3.05, 3.63) is 85.5 Å². The molecule has 1 N–H and O–H groups in total. The van der Waals surface area contributed by atoms with Gasteiger partial charge in [0.25, 0.3) is 5.91 Å².